The van der Waals surface area contributed by atoms with Crippen molar-refractivity contribution in [2.45, 2.75) is 26.2 Å². The van der Waals surface area contributed by atoms with Gasteiger partial charge in [-0.25, -0.2) is 10.5 Å². The number of rotatable bonds is 3. The van der Waals surface area contributed by atoms with Gasteiger partial charge in [-0.05, 0) is 12.1 Å². The van der Waals surface area contributed by atoms with Gasteiger partial charge in [-0.3, -0.25) is 14.4 Å². The molecule has 108 valence electrons. The Morgan fingerprint density at radius 3 is 2.80 bits per heavy atom. The minimum atomic E-state index is -0.524. The van der Waals surface area contributed by atoms with Gasteiger partial charge in [0.25, 0.3) is 5.91 Å². The molecule has 0 saturated heterocycles. The molecule has 0 radical (unpaired) electrons. The van der Waals surface area contributed by atoms with Crippen molar-refractivity contribution >= 4 is 23.1 Å². The van der Waals surface area contributed by atoms with Gasteiger partial charge in [0, 0.05) is 11.6 Å². The van der Waals surface area contributed by atoms with Crippen LogP contribution in [0.4, 0.5) is 11.5 Å². The predicted molar refractivity (Wildman–Crippen MR) is 76.7 cm³/mol. The van der Waals surface area contributed by atoms with Crippen molar-refractivity contribution in [2.24, 2.45) is 0 Å². The van der Waals surface area contributed by atoms with E-state index in [-0.39, 0.29) is 12.0 Å². The van der Waals surface area contributed by atoms with Gasteiger partial charge in [-0.1, -0.05) is 20.8 Å². The molecule has 2 aromatic rings. The third-order valence-electron chi connectivity index (χ3n) is 2.93. The number of nitrogen functional groups attached to an aromatic ring is 1. The first-order chi connectivity index (χ1) is 9.34. The molecular weight excluding hydrogens is 258 g/mol. The molecule has 7 nitrogen and oxygen atoms in total. The highest BCUT2D eigenvalue weighted by Gasteiger charge is 2.24. The van der Waals surface area contributed by atoms with Crippen molar-refractivity contribution in [1.82, 2.24) is 14.9 Å². The zero-order chi connectivity index (χ0) is 14.9. The number of hydroxylamine groups is 1. The Labute approximate surface area is 116 Å². The molecule has 0 unspecified atom stereocenters. The van der Waals surface area contributed by atoms with E-state index >= 15 is 0 Å². The summed E-state index contributed by atoms with van der Waals surface area (Å²) in [5, 5.41) is 11.6. The molecule has 1 amide bonds. The van der Waals surface area contributed by atoms with Gasteiger partial charge in [0.15, 0.2) is 5.65 Å². The molecular formula is C13H19N5O2. The van der Waals surface area contributed by atoms with Gasteiger partial charge in [-0.15, -0.1) is 0 Å². The van der Waals surface area contributed by atoms with Crippen molar-refractivity contribution < 1.29 is 10.0 Å². The minimum absolute atomic E-state index is 0.0534. The SMILES string of the molecule is CC(C)(C)c1nc2c(N)cccn2c1NCC(=O)NO. The number of pyridine rings is 1. The number of nitrogens with two attached hydrogens (primary N) is 1. The van der Waals surface area contributed by atoms with Crippen LogP contribution in [0, 0.1) is 0 Å². The maximum atomic E-state index is 11.2. The third kappa shape index (κ3) is 2.53. The number of aromatic nitrogens is 2. The van der Waals surface area contributed by atoms with E-state index < -0.39 is 5.91 Å². The van der Waals surface area contributed by atoms with E-state index in [0.29, 0.717) is 17.2 Å². The first kappa shape index (κ1) is 14.1. The molecule has 0 fully saturated rings. The minimum Gasteiger partial charge on any atom is -0.396 e. The zero-order valence-electron chi connectivity index (χ0n) is 11.8. The Kier molecular flexibility index (Phi) is 3.54. The first-order valence-corrected chi connectivity index (χ1v) is 6.28. The van der Waals surface area contributed by atoms with E-state index in [1.54, 1.807) is 15.9 Å². The van der Waals surface area contributed by atoms with Crippen molar-refractivity contribution in [2.75, 3.05) is 17.6 Å². The predicted octanol–water partition coefficient (Wildman–Crippen LogP) is 1.13. The Bertz CT molecular complexity index is 642. The summed E-state index contributed by atoms with van der Waals surface area (Å²) in [6.45, 7) is 6.04. The molecule has 20 heavy (non-hydrogen) atoms. The smallest absolute Gasteiger partial charge is 0.262 e. The number of amides is 1. The number of nitrogens with one attached hydrogen (secondary N) is 2. The summed E-state index contributed by atoms with van der Waals surface area (Å²) in [6, 6.07) is 3.59. The number of hydrogen-bond donors (Lipinski definition) is 4. The molecule has 2 aromatic heterocycles. The fourth-order valence-corrected chi connectivity index (χ4v) is 1.98. The molecule has 0 aliphatic heterocycles. The monoisotopic (exact) mass is 277 g/mol. The summed E-state index contributed by atoms with van der Waals surface area (Å²) in [4.78, 5) is 15.8. The summed E-state index contributed by atoms with van der Waals surface area (Å²) in [5.41, 5.74) is 9.33. The van der Waals surface area contributed by atoms with Gasteiger partial charge in [0.1, 0.15) is 5.82 Å². The van der Waals surface area contributed by atoms with E-state index in [9.17, 15) is 4.79 Å². The van der Waals surface area contributed by atoms with Gasteiger partial charge in [-0.2, -0.15) is 0 Å². The molecule has 0 aromatic carbocycles. The molecule has 2 heterocycles. The molecule has 0 bridgehead atoms. The number of fused-ring (bicyclic) bond motifs is 1. The van der Waals surface area contributed by atoms with Crippen LogP contribution in [0.3, 0.4) is 0 Å². The molecule has 7 heteroatoms. The fraction of sp³-hybridized carbons (Fsp3) is 0.385. The summed E-state index contributed by atoms with van der Waals surface area (Å²) >= 11 is 0. The number of hydrogen-bond acceptors (Lipinski definition) is 5. The van der Waals surface area contributed by atoms with Gasteiger partial charge < -0.3 is 11.1 Å². The van der Waals surface area contributed by atoms with Crippen molar-refractivity contribution in [3.05, 3.63) is 24.0 Å². The van der Waals surface area contributed by atoms with Gasteiger partial charge in [0.2, 0.25) is 0 Å². The summed E-state index contributed by atoms with van der Waals surface area (Å²) in [7, 11) is 0. The summed E-state index contributed by atoms with van der Waals surface area (Å²) < 4.78 is 1.81. The molecule has 0 aliphatic carbocycles. The van der Waals surface area contributed by atoms with Crippen LogP contribution in [0.15, 0.2) is 18.3 Å². The average Bonchev–Trinajstić information content (AvgIpc) is 2.76. The van der Waals surface area contributed by atoms with E-state index in [1.165, 1.54) is 0 Å². The van der Waals surface area contributed by atoms with Crippen LogP contribution >= 0.6 is 0 Å². The van der Waals surface area contributed by atoms with E-state index in [4.69, 9.17) is 10.9 Å². The number of carbonyl (C=O) groups excluding carboxylic acids is 1. The number of carbonyl (C=O) groups is 1. The lowest BCUT2D eigenvalue weighted by Gasteiger charge is -2.18. The average molecular weight is 277 g/mol. The topological polar surface area (TPSA) is 105 Å². The number of nitrogens with zero attached hydrogens (tertiary/aromatic N) is 2. The quantitative estimate of drug-likeness (QED) is 0.497. The number of anilines is 2. The van der Waals surface area contributed by atoms with Crippen LogP contribution in [-0.2, 0) is 10.2 Å². The zero-order valence-corrected chi connectivity index (χ0v) is 11.8. The second-order valence-corrected chi connectivity index (χ2v) is 5.60. The standard InChI is InChI=1S/C13H19N5O2/c1-13(2,3)10-12(15-7-9(19)17-20)18-6-4-5-8(14)11(18)16-10/h4-6,15,20H,7,14H2,1-3H3,(H,17,19). The van der Waals surface area contributed by atoms with Crippen LogP contribution in [0.2, 0.25) is 0 Å². The molecule has 5 N–H and O–H groups in total. The van der Waals surface area contributed by atoms with Gasteiger partial charge in [0.05, 0.1) is 17.9 Å². The lowest BCUT2D eigenvalue weighted by molar-refractivity contribution is -0.127. The van der Waals surface area contributed by atoms with Crippen molar-refractivity contribution in [3.8, 4) is 0 Å². The van der Waals surface area contributed by atoms with E-state index in [2.05, 4.69) is 10.3 Å². The van der Waals surface area contributed by atoms with E-state index in [0.717, 1.165) is 5.69 Å². The third-order valence-corrected chi connectivity index (χ3v) is 2.93. The van der Waals surface area contributed by atoms with Crippen LogP contribution in [0.5, 0.6) is 0 Å². The second-order valence-electron chi connectivity index (χ2n) is 5.60. The Morgan fingerprint density at radius 2 is 2.20 bits per heavy atom. The molecule has 0 atom stereocenters. The molecule has 0 aliphatic rings. The number of imidazole rings is 1. The van der Waals surface area contributed by atoms with Crippen LogP contribution in [0.1, 0.15) is 26.5 Å². The van der Waals surface area contributed by atoms with Crippen molar-refractivity contribution in [3.63, 3.8) is 0 Å². The maximum Gasteiger partial charge on any atom is 0.262 e. The van der Waals surface area contributed by atoms with Crippen LogP contribution in [0.25, 0.3) is 5.65 Å². The summed E-state index contributed by atoms with van der Waals surface area (Å²) in [6.07, 6.45) is 1.83. The van der Waals surface area contributed by atoms with Crippen LogP contribution in [-0.4, -0.2) is 27.0 Å². The Hall–Kier alpha value is -2.28. The Balaban J connectivity index is 2.53. The first-order valence-electron chi connectivity index (χ1n) is 6.28. The molecule has 0 spiro atoms. The van der Waals surface area contributed by atoms with Crippen LogP contribution < -0.4 is 16.5 Å². The lowest BCUT2D eigenvalue weighted by atomic mass is 9.92. The second kappa shape index (κ2) is 5.01. The highest BCUT2D eigenvalue weighted by atomic mass is 16.5. The molecule has 2 rings (SSSR count). The largest absolute Gasteiger partial charge is 0.396 e. The maximum absolute atomic E-state index is 11.2. The highest BCUT2D eigenvalue weighted by molar-refractivity contribution is 5.80. The van der Waals surface area contributed by atoms with E-state index in [1.807, 2.05) is 33.0 Å². The normalized spacial score (nSPS) is 11.6. The lowest BCUT2D eigenvalue weighted by Crippen LogP contribution is -2.28. The van der Waals surface area contributed by atoms with Crippen molar-refractivity contribution in [1.29, 1.82) is 0 Å². The highest BCUT2D eigenvalue weighted by Crippen LogP contribution is 2.31. The molecule has 0 saturated carbocycles. The summed E-state index contributed by atoms with van der Waals surface area (Å²) in [5.74, 6) is 0.173. The fourth-order valence-electron chi connectivity index (χ4n) is 1.98. The van der Waals surface area contributed by atoms with Gasteiger partial charge >= 0.3 is 0 Å². The Morgan fingerprint density at radius 1 is 1.50 bits per heavy atom.